The predicted octanol–water partition coefficient (Wildman–Crippen LogP) is 4.33. The molecule has 0 aliphatic rings. The SMILES string of the molecule is CCCOc1ccc(-c2nc3ccc(C)cc3[nH]2)cc1. The van der Waals surface area contributed by atoms with Crippen LogP contribution in [0.25, 0.3) is 22.4 Å². The number of aromatic amines is 1. The number of hydrogen-bond acceptors (Lipinski definition) is 2. The van der Waals surface area contributed by atoms with E-state index in [1.165, 1.54) is 5.56 Å². The lowest BCUT2D eigenvalue weighted by Crippen LogP contribution is -1.94. The molecule has 1 aromatic heterocycles. The van der Waals surface area contributed by atoms with E-state index in [0.717, 1.165) is 41.2 Å². The second-order valence-corrected chi connectivity index (χ2v) is 4.98. The molecule has 2 aromatic carbocycles. The zero-order chi connectivity index (χ0) is 13.9. The first kappa shape index (κ1) is 12.7. The lowest BCUT2D eigenvalue weighted by molar-refractivity contribution is 0.317. The van der Waals surface area contributed by atoms with E-state index < -0.39 is 0 Å². The van der Waals surface area contributed by atoms with Crippen LogP contribution in [0.4, 0.5) is 0 Å². The number of benzene rings is 2. The number of nitrogens with zero attached hydrogens (tertiary/aromatic N) is 1. The van der Waals surface area contributed by atoms with E-state index in [-0.39, 0.29) is 0 Å². The van der Waals surface area contributed by atoms with Gasteiger partial charge >= 0.3 is 0 Å². The van der Waals surface area contributed by atoms with Crippen LogP contribution in [-0.4, -0.2) is 16.6 Å². The van der Waals surface area contributed by atoms with E-state index in [1.807, 2.05) is 30.3 Å². The summed E-state index contributed by atoms with van der Waals surface area (Å²) in [7, 11) is 0. The summed E-state index contributed by atoms with van der Waals surface area (Å²) in [5.41, 5.74) is 4.38. The fourth-order valence-electron chi connectivity index (χ4n) is 2.19. The molecule has 0 atom stereocenters. The Balaban J connectivity index is 1.90. The maximum absolute atomic E-state index is 5.59. The minimum Gasteiger partial charge on any atom is -0.494 e. The van der Waals surface area contributed by atoms with Crippen molar-refractivity contribution in [3.8, 4) is 17.1 Å². The molecular weight excluding hydrogens is 248 g/mol. The standard InChI is InChI=1S/C17H18N2O/c1-3-10-20-14-7-5-13(6-8-14)17-18-15-9-4-12(2)11-16(15)19-17/h4-9,11H,3,10H2,1-2H3,(H,18,19). The third-order valence-corrected chi connectivity index (χ3v) is 3.24. The summed E-state index contributed by atoms with van der Waals surface area (Å²) < 4.78 is 5.59. The average molecular weight is 266 g/mol. The Morgan fingerprint density at radius 2 is 1.90 bits per heavy atom. The van der Waals surface area contributed by atoms with Crippen LogP contribution in [0.5, 0.6) is 5.75 Å². The number of imidazole rings is 1. The van der Waals surface area contributed by atoms with Crippen molar-refractivity contribution in [2.75, 3.05) is 6.61 Å². The molecule has 1 N–H and O–H groups in total. The van der Waals surface area contributed by atoms with Gasteiger partial charge in [0.2, 0.25) is 0 Å². The molecule has 0 fully saturated rings. The van der Waals surface area contributed by atoms with Gasteiger partial charge in [-0.25, -0.2) is 4.98 Å². The molecule has 0 unspecified atom stereocenters. The highest BCUT2D eigenvalue weighted by molar-refractivity contribution is 5.80. The van der Waals surface area contributed by atoms with Crippen LogP contribution in [0, 0.1) is 6.92 Å². The number of aromatic nitrogens is 2. The lowest BCUT2D eigenvalue weighted by atomic mass is 10.2. The summed E-state index contributed by atoms with van der Waals surface area (Å²) in [6.45, 7) is 4.94. The molecule has 0 bridgehead atoms. The monoisotopic (exact) mass is 266 g/mol. The molecule has 0 aliphatic carbocycles. The molecule has 3 heteroatoms. The first-order chi connectivity index (χ1) is 9.76. The molecule has 3 nitrogen and oxygen atoms in total. The Hall–Kier alpha value is -2.29. The van der Waals surface area contributed by atoms with Gasteiger partial charge in [-0.15, -0.1) is 0 Å². The van der Waals surface area contributed by atoms with Gasteiger partial charge in [0.15, 0.2) is 0 Å². The predicted molar refractivity (Wildman–Crippen MR) is 82.1 cm³/mol. The molecule has 0 saturated heterocycles. The van der Waals surface area contributed by atoms with Crippen LogP contribution < -0.4 is 4.74 Å². The van der Waals surface area contributed by atoms with Crippen molar-refractivity contribution >= 4 is 11.0 Å². The molecule has 0 spiro atoms. The summed E-state index contributed by atoms with van der Waals surface area (Å²) in [4.78, 5) is 7.98. The number of ether oxygens (including phenoxy) is 1. The number of aryl methyl sites for hydroxylation is 1. The van der Waals surface area contributed by atoms with Crippen molar-refractivity contribution in [3.05, 3.63) is 48.0 Å². The third kappa shape index (κ3) is 2.52. The highest BCUT2D eigenvalue weighted by Gasteiger charge is 2.05. The van der Waals surface area contributed by atoms with Gasteiger partial charge in [-0.3, -0.25) is 0 Å². The molecule has 3 aromatic rings. The number of fused-ring (bicyclic) bond motifs is 1. The molecule has 0 amide bonds. The number of nitrogens with one attached hydrogen (secondary N) is 1. The topological polar surface area (TPSA) is 37.9 Å². The summed E-state index contributed by atoms with van der Waals surface area (Å²) >= 11 is 0. The normalized spacial score (nSPS) is 10.9. The molecular formula is C17H18N2O. The van der Waals surface area contributed by atoms with Crippen LogP contribution >= 0.6 is 0 Å². The van der Waals surface area contributed by atoms with Crippen molar-refractivity contribution in [2.45, 2.75) is 20.3 Å². The highest BCUT2D eigenvalue weighted by Crippen LogP contribution is 2.23. The average Bonchev–Trinajstić information content (AvgIpc) is 2.88. The summed E-state index contributed by atoms with van der Waals surface area (Å²) in [5.74, 6) is 1.80. The number of hydrogen-bond donors (Lipinski definition) is 1. The van der Waals surface area contributed by atoms with Crippen LogP contribution in [0.15, 0.2) is 42.5 Å². The van der Waals surface area contributed by atoms with Gasteiger partial charge in [-0.2, -0.15) is 0 Å². The van der Waals surface area contributed by atoms with Crippen molar-refractivity contribution in [1.82, 2.24) is 9.97 Å². The van der Waals surface area contributed by atoms with Gasteiger partial charge in [0.1, 0.15) is 11.6 Å². The van der Waals surface area contributed by atoms with E-state index in [1.54, 1.807) is 0 Å². The molecule has 0 radical (unpaired) electrons. The zero-order valence-corrected chi connectivity index (χ0v) is 11.8. The lowest BCUT2D eigenvalue weighted by Gasteiger charge is -2.04. The maximum Gasteiger partial charge on any atom is 0.138 e. The van der Waals surface area contributed by atoms with Gasteiger partial charge in [0, 0.05) is 5.56 Å². The van der Waals surface area contributed by atoms with E-state index in [4.69, 9.17) is 4.74 Å². The fourth-order valence-corrected chi connectivity index (χ4v) is 2.19. The molecule has 102 valence electrons. The maximum atomic E-state index is 5.59. The van der Waals surface area contributed by atoms with Crippen molar-refractivity contribution < 1.29 is 4.74 Å². The van der Waals surface area contributed by atoms with Crippen molar-refractivity contribution in [2.24, 2.45) is 0 Å². The second-order valence-electron chi connectivity index (χ2n) is 4.98. The summed E-state index contributed by atoms with van der Waals surface area (Å²) in [5, 5.41) is 0. The fraction of sp³-hybridized carbons (Fsp3) is 0.235. The minimum atomic E-state index is 0.753. The van der Waals surface area contributed by atoms with Gasteiger partial charge in [0.05, 0.1) is 17.6 Å². The summed E-state index contributed by atoms with van der Waals surface area (Å²) in [6.07, 6.45) is 1.02. The Morgan fingerprint density at radius 1 is 1.10 bits per heavy atom. The van der Waals surface area contributed by atoms with Crippen LogP contribution in [0.1, 0.15) is 18.9 Å². The smallest absolute Gasteiger partial charge is 0.138 e. The van der Waals surface area contributed by atoms with E-state index >= 15 is 0 Å². The van der Waals surface area contributed by atoms with Gasteiger partial charge in [0.25, 0.3) is 0 Å². The van der Waals surface area contributed by atoms with Gasteiger partial charge in [-0.1, -0.05) is 13.0 Å². The van der Waals surface area contributed by atoms with E-state index in [9.17, 15) is 0 Å². The summed E-state index contributed by atoms with van der Waals surface area (Å²) in [6, 6.07) is 14.3. The van der Waals surface area contributed by atoms with Crippen molar-refractivity contribution in [3.63, 3.8) is 0 Å². The Labute approximate surface area is 118 Å². The van der Waals surface area contributed by atoms with Gasteiger partial charge in [-0.05, 0) is 55.3 Å². The van der Waals surface area contributed by atoms with E-state index in [0.29, 0.717) is 0 Å². The minimum absolute atomic E-state index is 0.753. The first-order valence-corrected chi connectivity index (χ1v) is 6.96. The quantitative estimate of drug-likeness (QED) is 0.763. The largest absolute Gasteiger partial charge is 0.494 e. The van der Waals surface area contributed by atoms with Crippen LogP contribution in [0.3, 0.4) is 0 Å². The Kier molecular flexibility index (Phi) is 3.42. The van der Waals surface area contributed by atoms with Crippen LogP contribution in [-0.2, 0) is 0 Å². The molecule has 3 rings (SSSR count). The van der Waals surface area contributed by atoms with Crippen LogP contribution in [0.2, 0.25) is 0 Å². The first-order valence-electron chi connectivity index (χ1n) is 6.96. The molecule has 20 heavy (non-hydrogen) atoms. The number of H-pyrrole nitrogens is 1. The van der Waals surface area contributed by atoms with Crippen molar-refractivity contribution in [1.29, 1.82) is 0 Å². The third-order valence-electron chi connectivity index (χ3n) is 3.24. The second kappa shape index (κ2) is 5.37. The zero-order valence-electron chi connectivity index (χ0n) is 11.8. The molecule has 0 saturated carbocycles. The highest BCUT2D eigenvalue weighted by atomic mass is 16.5. The Bertz CT molecular complexity index is 713. The molecule has 0 aliphatic heterocycles. The van der Waals surface area contributed by atoms with Gasteiger partial charge < -0.3 is 9.72 Å². The number of rotatable bonds is 4. The van der Waals surface area contributed by atoms with E-state index in [2.05, 4.69) is 35.9 Å². The Morgan fingerprint density at radius 3 is 2.65 bits per heavy atom. The molecule has 1 heterocycles.